The van der Waals surface area contributed by atoms with Crippen LogP contribution in [0.2, 0.25) is 0 Å². The number of nitrogens with one attached hydrogen (secondary N) is 1. The van der Waals surface area contributed by atoms with Gasteiger partial charge >= 0.3 is 0 Å². The predicted molar refractivity (Wildman–Crippen MR) is 83.2 cm³/mol. The standard InChI is InChI=1S/C17H15N3O/c18-14-6-7-19-9-13(14)10-4-5-15-12(8-10)11-2-1-3-16(21)17(11)20-15/h4-9,20H,1-3H2,(H2,18,19). The van der Waals surface area contributed by atoms with E-state index in [9.17, 15) is 4.79 Å². The van der Waals surface area contributed by atoms with Crippen LogP contribution < -0.4 is 5.73 Å². The van der Waals surface area contributed by atoms with E-state index in [-0.39, 0.29) is 5.78 Å². The van der Waals surface area contributed by atoms with Crippen molar-refractivity contribution in [1.82, 2.24) is 9.97 Å². The second-order valence-electron chi connectivity index (χ2n) is 5.48. The van der Waals surface area contributed by atoms with Gasteiger partial charge < -0.3 is 10.7 Å². The number of hydrogen-bond donors (Lipinski definition) is 2. The second kappa shape index (κ2) is 4.45. The van der Waals surface area contributed by atoms with Gasteiger partial charge in [0, 0.05) is 41.0 Å². The number of carbonyl (C=O) groups excluding carboxylic acids is 1. The van der Waals surface area contributed by atoms with E-state index in [0.29, 0.717) is 12.1 Å². The van der Waals surface area contributed by atoms with Crippen molar-refractivity contribution in [2.45, 2.75) is 19.3 Å². The minimum atomic E-state index is 0.217. The van der Waals surface area contributed by atoms with Crippen molar-refractivity contribution < 1.29 is 4.79 Å². The fraction of sp³-hybridized carbons (Fsp3) is 0.176. The largest absolute Gasteiger partial charge is 0.398 e. The molecule has 0 saturated carbocycles. The SMILES string of the molecule is Nc1ccncc1-c1ccc2[nH]c3c(c2c1)CCCC3=O. The molecule has 3 N–H and O–H groups in total. The fourth-order valence-corrected chi connectivity index (χ4v) is 3.11. The van der Waals surface area contributed by atoms with Crippen molar-refractivity contribution in [3.8, 4) is 11.1 Å². The van der Waals surface area contributed by atoms with E-state index < -0.39 is 0 Å². The molecule has 1 aliphatic rings. The van der Waals surface area contributed by atoms with Gasteiger partial charge in [-0.1, -0.05) is 6.07 Å². The molecule has 2 heterocycles. The molecule has 0 aliphatic heterocycles. The number of aromatic amines is 1. The van der Waals surface area contributed by atoms with Gasteiger partial charge in [0.25, 0.3) is 0 Å². The fourth-order valence-electron chi connectivity index (χ4n) is 3.11. The first-order valence-electron chi connectivity index (χ1n) is 7.12. The highest BCUT2D eigenvalue weighted by Gasteiger charge is 2.22. The zero-order valence-corrected chi connectivity index (χ0v) is 11.5. The molecule has 4 rings (SSSR count). The van der Waals surface area contributed by atoms with Crippen LogP contribution in [0.25, 0.3) is 22.0 Å². The summed E-state index contributed by atoms with van der Waals surface area (Å²) in [6.07, 6.45) is 5.99. The molecule has 0 atom stereocenters. The molecular formula is C17H15N3O. The summed E-state index contributed by atoms with van der Waals surface area (Å²) in [4.78, 5) is 19.4. The van der Waals surface area contributed by atoms with Crippen LogP contribution in [0.4, 0.5) is 5.69 Å². The molecule has 3 aromatic rings. The van der Waals surface area contributed by atoms with Crippen molar-refractivity contribution in [3.05, 3.63) is 47.9 Å². The Hall–Kier alpha value is -2.62. The van der Waals surface area contributed by atoms with Gasteiger partial charge in [-0.15, -0.1) is 0 Å². The normalized spacial score (nSPS) is 14.4. The highest BCUT2D eigenvalue weighted by molar-refractivity contribution is 6.04. The topological polar surface area (TPSA) is 71.8 Å². The summed E-state index contributed by atoms with van der Waals surface area (Å²) in [7, 11) is 0. The molecular weight excluding hydrogens is 262 g/mol. The molecule has 0 spiro atoms. The van der Waals surface area contributed by atoms with Gasteiger partial charge in [0.2, 0.25) is 0 Å². The molecule has 1 aliphatic carbocycles. The number of ketones is 1. The zero-order valence-electron chi connectivity index (χ0n) is 11.5. The lowest BCUT2D eigenvalue weighted by molar-refractivity contribution is 0.0968. The Balaban J connectivity index is 1.94. The van der Waals surface area contributed by atoms with Gasteiger partial charge in [0.15, 0.2) is 5.78 Å². The number of Topliss-reactive ketones (excluding diaryl/α,β-unsaturated/α-hetero) is 1. The van der Waals surface area contributed by atoms with E-state index in [1.165, 1.54) is 0 Å². The number of aromatic nitrogens is 2. The van der Waals surface area contributed by atoms with Crippen LogP contribution in [0.1, 0.15) is 28.9 Å². The van der Waals surface area contributed by atoms with Crippen molar-refractivity contribution >= 4 is 22.4 Å². The lowest BCUT2D eigenvalue weighted by Gasteiger charge is -2.10. The van der Waals surface area contributed by atoms with Gasteiger partial charge in [-0.05, 0) is 42.2 Å². The van der Waals surface area contributed by atoms with Crippen molar-refractivity contribution in [1.29, 1.82) is 0 Å². The summed E-state index contributed by atoms with van der Waals surface area (Å²) in [6.45, 7) is 0. The molecule has 0 saturated heterocycles. The van der Waals surface area contributed by atoms with Crippen molar-refractivity contribution in [2.75, 3.05) is 5.73 Å². The van der Waals surface area contributed by atoms with Crippen LogP contribution in [0.5, 0.6) is 0 Å². The number of carbonyl (C=O) groups is 1. The lowest BCUT2D eigenvalue weighted by atomic mass is 9.93. The summed E-state index contributed by atoms with van der Waals surface area (Å²) in [5.41, 5.74) is 11.6. The monoisotopic (exact) mass is 277 g/mol. The first-order chi connectivity index (χ1) is 10.2. The number of benzene rings is 1. The molecule has 1 aromatic carbocycles. The van der Waals surface area contributed by atoms with Crippen LogP contribution in [0, 0.1) is 0 Å². The van der Waals surface area contributed by atoms with E-state index in [4.69, 9.17) is 5.73 Å². The summed E-state index contributed by atoms with van der Waals surface area (Å²) < 4.78 is 0. The quantitative estimate of drug-likeness (QED) is 0.716. The number of H-pyrrole nitrogens is 1. The van der Waals surface area contributed by atoms with Crippen LogP contribution in [0.3, 0.4) is 0 Å². The molecule has 0 unspecified atom stereocenters. The highest BCUT2D eigenvalue weighted by Crippen LogP contribution is 2.33. The molecule has 104 valence electrons. The van der Waals surface area contributed by atoms with Crippen molar-refractivity contribution in [2.24, 2.45) is 0 Å². The molecule has 0 bridgehead atoms. The number of hydrogen-bond acceptors (Lipinski definition) is 3. The number of nitrogen functional groups attached to an aromatic ring is 1. The van der Waals surface area contributed by atoms with E-state index in [1.807, 2.05) is 12.1 Å². The number of rotatable bonds is 1. The van der Waals surface area contributed by atoms with Crippen molar-refractivity contribution in [3.63, 3.8) is 0 Å². The number of aryl methyl sites for hydroxylation is 1. The third-order valence-corrected chi connectivity index (χ3v) is 4.18. The molecule has 4 nitrogen and oxygen atoms in total. The number of fused-ring (bicyclic) bond motifs is 3. The second-order valence-corrected chi connectivity index (χ2v) is 5.48. The van der Waals surface area contributed by atoms with Crippen LogP contribution in [-0.2, 0) is 6.42 Å². The van der Waals surface area contributed by atoms with E-state index >= 15 is 0 Å². The summed E-state index contributed by atoms with van der Waals surface area (Å²) in [6, 6.07) is 7.94. The maximum Gasteiger partial charge on any atom is 0.179 e. The average Bonchev–Trinajstić information content (AvgIpc) is 2.87. The van der Waals surface area contributed by atoms with E-state index in [1.54, 1.807) is 18.5 Å². The number of nitrogens with two attached hydrogens (primary N) is 1. The zero-order chi connectivity index (χ0) is 14.4. The molecule has 21 heavy (non-hydrogen) atoms. The first kappa shape index (κ1) is 12.1. The maximum atomic E-state index is 12.0. The van der Waals surface area contributed by atoms with Gasteiger partial charge in [0.05, 0.1) is 5.69 Å². The third-order valence-electron chi connectivity index (χ3n) is 4.18. The van der Waals surface area contributed by atoms with Crippen LogP contribution in [0.15, 0.2) is 36.7 Å². The maximum absolute atomic E-state index is 12.0. The Labute approximate surface area is 122 Å². The summed E-state index contributed by atoms with van der Waals surface area (Å²) in [5, 5.41) is 1.12. The number of pyridine rings is 1. The van der Waals surface area contributed by atoms with Gasteiger partial charge in [-0.25, -0.2) is 0 Å². The summed E-state index contributed by atoms with van der Waals surface area (Å²) >= 11 is 0. The Bertz CT molecular complexity index is 864. The van der Waals surface area contributed by atoms with Crippen LogP contribution in [-0.4, -0.2) is 15.8 Å². The van der Waals surface area contributed by atoms with Gasteiger partial charge in [-0.3, -0.25) is 9.78 Å². The van der Waals surface area contributed by atoms with E-state index in [0.717, 1.165) is 46.1 Å². The van der Waals surface area contributed by atoms with Crippen LogP contribution >= 0.6 is 0 Å². The Morgan fingerprint density at radius 3 is 2.95 bits per heavy atom. The first-order valence-corrected chi connectivity index (χ1v) is 7.12. The summed E-state index contributed by atoms with van der Waals surface area (Å²) in [5.74, 6) is 0.217. The number of nitrogens with zero attached hydrogens (tertiary/aromatic N) is 1. The third kappa shape index (κ3) is 1.83. The Morgan fingerprint density at radius 1 is 1.19 bits per heavy atom. The molecule has 0 amide bonds. The molecule has 4 heteroatoms. The lowest BCUT2D eigenvalue weighted by Crippen LogP contribution is -2.09. The molecule has 0 fully saturated rings. The van der Waals surface area contributed by atoms with Gasteiger partial charge in [0.1, 0.15) is 0 Å². The Kier molecular flexibility index (Phi) is 2.57. The predicted octanol–water partition coefficient (Wildman–Crippen LogP) is 3.33. The minimum Gasteiger partial charge on any atom is -0.398 e. The smallest absolute Gasteiger partial charge is 0.179 e. The highest BCUT2D eigenvalue weighted by atomic mass is 16.1. The number of anilines is 1. The van der Waals surface area contributed by atoms with E-state index in [2.05, 4.69) is 16.0 Å². The molecule has 0 radical (unpaired) electrons. The average molecular weight is 277 g/mol. The minimum absolute atomic E-state index is 0.217. The van der Waals surface area contributed by atoms with Gasteiger partial charge in [-0.2, -0.15) is 0 Å². The molecule has 2 aromatic heterocycles. The Morgan fingerprint density at radius 2 is 2.10 bits per heavy atom.